The van der Waals surface area contributed by atoms with Crippen LogP contribution in [0.3, 0.4) is 0 Å². The van der Waals surface area contributed by atoms with E-state index in [2.05, 4.69) is 89.9 Å². The summed E-state index contributed by atoms with van der Waals surface area (Å²) in [6.07, 6.45) is 6.29. The molecule has 0 radical (unpaired) electrons. The van der Waals surface area contributed by atoms with Crippen molar-refractivity contribution in [3.05, 3.63) is 169 Å². The molecule has 346 valence electrons. The number of aromatic nitrogens is 6. The zero-order chi connectivity index (χ0) is 47.8. The lowest BCUT2D eigenvalue weighted by atomic mass is 9.92. The number of aromatic amines is 1. The van der Waals surface area contributed by atoms with Crippen molar-refractivity contribution in [2.24, 2.45) is 16.8 Å². The fourth-order valence-electron chi connectivity index (χ4n) is 7.09. The summed E-state index contributed by atoms with van der Waals surface area (Å²) in [7, 11) is 0. The average molecular weight is 954 g/mol. The lowest BCUT2D eigenvalue weighted by molar-refractivity contribution is 0.286. The van der Waals surface area contributed by atoms with Crippen molar-refractivity contribution in [1.82, 2.24) is 46.7 Å². The summed E-state index contributed by atoms with van der Waals surface area (Å²) in [6, 6.07) is 27.0. The predicted molar refractivity (Wildman–Crippen MR) is 255 cm³/mol. The first-order chi connectivity index (χ1) is 33.2. The van der Waals surface area contributed by atoms with Gasteiger partial charge < -0.3 is 40.8 Å². The Morgan fingerprint density at radius 3 is 1.65 bits per heavy atom. The van der Waals surface area contributed by atoms with Gasteiger partial charge in [0.15, 0.2) is 5.82 Å². The second-order valence-corrected chi connectivity index (χ2v) is 16.1. The van der Waals surface area contributed by atoms with Gasteiger partial charge in [-0.25, -0.2) is 5.84 Å². The molecule has 0 saturated carbocycles. The van der Waals surface area contributed by atoms with Gasteiger partial charge in [-0.15, -0.1) is 10.2 Å². The standard InChI is InChI=1S/C48H46Cl2N14O4/c1-29-35(27-67-45-13-43(65-25-33-9-31(15-51)17-55-19-33)37(11-41(45)49)21-57-23-47(59-53)60-54)5-3-7-39(29)40-8-4-6-36(30(40)2)28-68-46-14-44(66-26-34-10-32(16-52)18-56-20-34)38(12-42(46)50)22-58-24-48-61-63-64-62-48/h3-14,17-20,57-58H,21-28,53-54H2,1-2H3,(H,59,60)(H,61,62,63,64). The van der Waals surface area contributed by atoms with Crippen LogP contribution in [-0.4, -0.2) is 43.0 Å². The highest BCUT2D eigenvalue weighted by Crippen LogP contribution is 2.37. The van der Waals surface area contributed by atoms with Crippen molar-refractivity contribution >= 4 is 29.0 Å². The van der Waals surface area contributed by atoms with Crippen LogP contribution in [0.1, 0.15) is 61.5 Å². The van der Waals surface area contributed by atoms with E-state index in [4.69, 9.17) is 53.8 Å². The van der Waals surface area contributed by atoms with Crippen LogP contribution in [0.2, 0.25) is 10.0 Å². The predicted octanol–water partition coefficient (Wildman–Crippen LogP) is 6.75. The van der Waals surface area contributed by atoms with Crippen LogP contribution in [0, 0.1) is 36.5 Å². The van der Waals surface area contributed by atoms with Crippen LogP contribution >= 0.6 is 23.2 Å². The number of hydrogen-bond acceptors (Lipinski definition) is 16. The van der Waals surface area contributed by atoms with E-state index in [1.165, 1.54) is 12.4 Å². The Kier molecular flexibility index (Phi) is 16.7. The van der Waals surface area contributed by atoms with Crippen LogP contribution < -0.4 is 46.7 Å². The third-order valence-corrected chi connectivity index (χ3v) is 11.3. The molecule has 0 amide bonds. The summed E-state index contributed by atoms with van der Waals surface area (Å²) in [6.45, 7) is 6.25. The van der Waals surface area contributed by atoms with Crippen molar-refractivity contribution in [2.45, 2.75) is 59.9 Å². The number of nitrogens with one attached hydrogen (secondary N) is 4. The van der Waals surface area contributed by atoms with Gasteiger partial charge in [0.2, 0.25) is 0 Å². The maximum Gasteiger partial charge on any atom is 0.188 e. The number of nitrogens with two attached hydrogens (primary N) is 2. The number of H-pyrrole nitrogens is 1. The number of hydrogen-bond donors (Lipinski definition) is 6. The van der Waals surface area contributed by atoms with E-state index in [1.807, 2.05) is 24.3 Å². The number of benzene rings is 4. The molecule has 0 fully saturated rings. The van der Waals surface area contributed by atoms with Gasteiger partial charge in [0.05, 0.1) is 34.3 Å². The maximum absolute atomic E-state index is 9.37. The molecule has 8 N–H and O–H groups in total. The SMILES string of the molecule is Cc1c(COc2cc(OCc3cncc(C#N)c3)c(CNC/C(=N/N)NN)cc2Cl)cccc1-c1cccc(COc2cc(OCc3cncc(C#N)c3)c(CNCc3nn[nH]n3)cc2Cl)c1C. The van der Waals surface area contributed by atoms with Crippen LogP contribution in [-0.2, 0) is 46.1 Å². The minimum Gasteiger partial charge on any atom is -0.488 e. The summed E-state index contributed by atoms with van der Waals surface area (Å²) in [4.78, 5) is 8.30. The smallest absolute Gasteiger partial charge is 0.188 e. The van der Waals surface area contributed by atoms with E-state index in [9.17, 15) is 10.5 Å². The third-order valence-electron chi connectivity index (χ3n) is 10.7. The Hall–Kier alpha value is -7.84. The van der Waals surface area contributed by atoms with Crippen molar-refractivity contribution in [2.75, 3.05) is 6.54 Å². The van der Waals surface area contributed by atoms with Gasteiger partial charge in [0.1, 0.15) is 67.4 Å². The van der Waals surface area contributed by atoms with Gasteiger partial charge in [-0.1, -0.05) is 64.8 Å². The third kappa shape index (κ3) is 12.5. The molecule has 7 aromatic rings. The van der Waals surface area contributed by atoms with Crippen LogP contribution in [0.15, 0.2) is 103 Å². The molecule has 3 aromatic heterocycles. The number of amidine groups is 1. The zero-order valence-corrected chi connectivity index (χ0v) is 38.5. The molecule has 0 atom stereocenters. The molecule has 18 nitrogen and oxygen atoms in total. The molecule has 0 aliphatic heterocycles. The molecule has 3 heterocycles. The van der Waals surface area contributed by atoms with E-state index >= 15 is 0 Å². The highest BCUT2D eigenvalue weighted by molar-refractivity contribution is 6.32. The summed E-state index contributed by atoms with van der Waals surface area (Å²) in [5.74, 6) is 13.7. The first kappa shape index (κ1) is 48.1. The monoisotopic (exact) mass is 952 g/mol. The number of ether oxygens (including phenoxy) is 4. The molecule has 7 rings (SSSR count). The molecule has 68 heavy (non-hydrogen) atoms. The highest BCUT2D eigenvalue weighted by atomic mass is 35.5. The molecule has 0 unspecified atom stereocenters. The summed E-state index contributed by atoms with van der Waals surface area (Å²) >= 11 is 13.7. The Morgan fingerprint density at radius 1 is 0.662 bits per heavy atom. The number of nitriles is 2. The van der Waals surface area contributed by atoms with Gasteiger partial charge in [-0.05, 0) is 71.5 Å². The largest absolute Gasteiger partial charge is 0.488 e. The summed E-state index contributed by atoms with van der Waals surface area (Å²) < 4.78 is 25.4. The minimum absolute atomic E-state index is 0.149. The van der Waals surface area contributed by atoms with E-state index in [0.29, 0.717) is 75.5 Å². The molecule has 0 saturated heterocycles. The van der Waals surface area contributed by atoms with Gasteiger partial charge >= 0.3 is 0 Å². The van der Waals surface area contributed by atoms with Crippen molar-refractivity contribution in [3.8, 4) is 46.3 Å². The fourth-order valence-corrected chi connectivity index (χ4v) is 7.57. The van der Waals surface area contributed by atoms with Crippen LogP contribution in [0.4, 0.5) is 0 Å². The normalized spacial score (nSPS) is 11.1. The van der Waals surface area contributed by atoms with E-state index in [1.54, 1.807) is 48.8 Å². The number of halogens is 2. The number of hydrazone groups is 1. The first-order valence-corrected chi connectivity index (χ1v) is 21.8. The van der Waals surface area contributed by atoms with E-state index < -0.39 is 0 Å². The van der Waals surface area contributed by atoms with Gasteiger partial charge in [0.25, 0.3) is 0 Å². The average Bonchev–Trinajstić information content (AvgIpc) is 3.88. The second kappa shape index (κ2) is 23.6. The minimum atomic E-state index is 0.149. The van der Waals surface area contributed by atoms with E-state index in [-0.39, 0.29) is 33.0 Å². The van der Waals surface area contributed by atoms with Crippen LogP contribution in [0.5, 0.6) is 23.0 Å². The Labute approximate surface area is 402 Å². The zero-order valence-electron chi connectivity index (χ0n) is 37.0. The molecule has 0 bridgehead atoms. The number of rotatable bonds is 21. The Bertz CT molecular complexity index is 2980. The molecule has 20 heteroatoms. The second-order valence-electron chi connectivity index (χ2n) is 15.3. The van der Waals surface area contributed by atoms with Crippen molar-refractivity contribution in [1.29, 1.82) is 10.5 Å². The van der Waals surface area contributed by atoms with Gasteiger partial charge in [0, 0.05) is 72.3 Å². The molecule has 4 aromatic carbocycles. The van der Waals surface area contributed by atoms with E-state index in [0.717, 1.165) is 55.6 Å². The van der Waals surface area contributed by atoms with Crippen LogP contribution in [0.25, 0.3) is 11.1 Å². The Balaban J connectivity index is 1.07. The molecular weight excluding hydrogens is 908 g/mol. The number of hydrazine groups is 1. The fraction of sp³-hybridized carbons (Fsp3) is 0.208. The van der Waals surface area contributed by atoms with Crippen molar-refractivity contribution < 1.29 is 18.9 Å². The quantitative estimate of drug-likeness (QED) is 0.0188. The number of tetrazole rings is 1. The topological polar surface area (TPSA) is 265 Å². The summed E-state index contributed by atoms with van der Waals surface area (Å²) in [5, 5.41) is 43.7. The lowest BCUT2D eigenvalue weighted by Gasteiger charge is -2.19. The summed E-state index contributed by atoms with van der Waals surface area (Å²) in [5.41, 5.74) is 12.3. The van der Waals surface area contributed by atoms with Crippen molar-refractivity contribution in [3.63, 3.8) is 0 Å². The van der Waals surface area contributed by atoms with Gasteiger partial charge in [-0.3, -0.25) is 9.97 Å². The highest BCUT2D eigenvalue weighted by Gasteiger charge is 2.17. The number of nitrogens with zero attached hydrogens (tertiary/aromatic N) is 8. The Morgan fingerprint density at radius 2 is 1.18 bits per heavy atom. The maximum atomic E-state index is 9.37. The lowest BCUT2D eigenvalue weighted by Crippen LogP contribution is -2.38. The number of pyridine rings is 2. The molecule has 0 spiro atoms. The molecule has 0 aliphatic carbocycles. The molecule has 0 aliphatic rings. The molecular formula is C48H46Cl2N14O4. The van der Waals surface area contributed by atoms with Gasteiger partial charge in [-0.2, -0.15) is 20.8 Å². The first-order valence-electron chi connectivity index (χ1n) is 21.0.